The van der Waals surface area contributed by atoms with Gasteiger partial charge < -0.3 is 9.80 Å². The van der Waals surface area contributed by atoms with E-state index in [1.54, 1.807) is 0 Å². The van der Waals surface area contributed by atoms with Crippen LogP contribution in [0.2, 0.25) is 0 Å². The number of para-hydroxylation sites is 2. The summed E-state index contributed by atoms with van der Waals surface area (Å²) in [5.74, 6) is 1.02. The minimum atomic E-state index is 0.936. The Balaban J connectivity index is 1.46. The summed E-state index contributed by atoms with van der Waals surface area (Å²) < 4.78 is 0. The Bertz CT molecular complexity index is 1190. The van der Waals surface area contributed by atoms with Crippen LogP contribution in [0.5, 0.6) is 0 Å². The van der Waals surface area contributed by atoms with Crippen molar-refractivity contribution in [1.29, 1.82) is 0 Å². The van der Waals surface area contributed by atoms with E-state index in [2.05, 4.69) is 71.3 Å². The van der Waals surface area contributed by atoms with Gasteiger partial charge in [0.15, 0.2) is 0 Å². The normalized spacial score (nSPS) is 14.5. The van der Waals surface area contributed by atoms with Gasteiger partial charge >= 0.3 is 0 Å². The summed E-state index contributed by atoms with van der Waals surface area (Å²) in [6, 6.07) is 29.4. The number of aryl methyl sites for hydroxylation is 1. The van der Waals surface area contributed by atoms with Crippen molar-refractivity contribution in [2.45, 2.75) is 6.92 Å². The predicted molar refractivity (Wildman–Crippen MR) is 131 cm³/mol. The second-order valence-electron chi connectivity index (χ2n) is 8.00. The fraction of sp³-hybridized carbons (Fsp3) is 0.185. The molecule has 2 heterocycles. The van der Waals surface area contributed by atoms with Crippen LogP contribution in [0.25, 0.3) is 10.9 Å². The van der Waals surface area contributed by atoms with Crippen LogP contribution in [0.4, 0.5) is 17.2 Å². The highest BCUT2D eigenvalue weighted by molar-refractivity contribution is 5.95. The lowest BCUT2D eigenvalue weighted by molar-refractivity contribution is 0.648. The van der Waals surface area contributed by atoms with Crippen molar-refractivity contribution < 1.29 is 0 Å². The number of hydrogen-bond donors (Lipinski definition) is 0. The Hall–Kier alpha value is -3.66. The largest absolute Gasteiger partial charge is 0.368 e. The zero-order valence-corrected chi connectivity index (χ0v) is 17.8. The van der Waals surface area contributed by atoms with E-state index in [-0.39, 0.29) is 0 Å². The lowest BCUT2D eigenvalue weighted by atomic mass is 10.1. The quantitative estimate of drug-likeness (QED) is 0.412. The number of aliphatic imine (C=N–C) groups is 1. The number of benzene rings is 3. The molecule has 1 aliphatic heterocycles. The van der Waals surface area contributed by atoms with Crippen molar-refractivity contribution in [1.82, 2.24) is 4.98 Å². The van der Waals surface area contributed by atoms with Crippen molar-refractivity contribution in [2.75, 3.05) is 36.0 Å². The van der Waals surface area contributed by atoms with E-state index in [9.17, 15) is 0 Å². The zero-order chi connectivity index (χ0) is 21.0. The minimum Gasteiger partial charge on any atom is -0.368 e. The Morgan fingerprint density at radius 2 is 1.45 bits per heavy atom. The van der Waals surface area contributed by atoms with Crippen LogP contribution in [0.1, 0.15) is 11.1 Å². The number of rotatable bonds is 4. The van der Waals surface area contributed by atoms with Gasteiger partial charge in [0.25, 0.3) is 0 Å². The summed E-state index contributed by atoms with van der Waals surface area (Å²) in [5, 5.41) is 1.15. The molecule has 3 aromatic carbocycles. The van der Waals surface area contributed by atoms with E-state index in [1.165, 1.54) is 11.3 Å². The van der Waals surface area contributed by atoms with Gasteiger partial charge in [-0.05, 0) is 49.4 Å². The highest BCUT2D eigenvalue weighted by Gasteiger charge is 2.20. The van der Waals surface area contributed by atoms with Crippen LogP contribution < -0.4 is 9.80 Å². The van der Waals surface area contributed by atoms with Crippen LogP contribution in [0.3, 0.4) is 0 Å². The standard InChI is InChI=1S/C27H26N4/c1-21-12-13-26-22(18-21)19-23(20-28-24-8-4-2-5-9-24)27(29-26)31-16-14-30(15-17-31)25-10-6-3-7-11-25/h2-13,18-20H,14-17H2,1H3. The third kappa shape index (κ3) is 4.29. The van der Waals surface area contributed by atoms with Gasteiger partial charge in [0, 0.05) is 49.0 Å². The Labute approximate surface area is 183 Å². The van der Waals surface area contributed by atoms with Crippen LogP contribution in [0.15, 0.2) is 89.9 Å². The number of hydrogen-bond acceptors (Lipinski definition) is 4. The molecule has 0 saturated carbocycles. The van der Waals surface area contributed by atoms with Gasteiger partial charge in [-0.2, -0.15) is 0 Å². The molecule has 4 heteroatoms. The summed E-state index contributed by atoms with van der Waals surface area (Å²) in [7, 11) is 0. The number of fused-ring (bicyclic) bond motifs is 1. The minimum absolute atomic E-state index is 0.936. The van der Waals surface area contributed by atoms with Gasteiger partial charge in [0.05, 0.1) is 11.2 Å². The van der Waals surface area contributed by atoms with Gasteiger partial charge in [-0.25, -0.2) is 4.98 Å². The lowest BCUT2D eigenvalue weighted by Gasteiger charge is -2.37. The number of aromatic nitrogens is 1. The topological polar surface area (TPSA) is 31.7 Å². The lowest BCUT2D eigenvalue weighted by Crippen LogP contribution is -2.47. The Morgan fingerprint density at radius 3 is 2.19 bits per heavy atom. The SMILES string of the molecule is Cc1ccc2nc(N3CCN(c4ccccc4)CC3)c(C=Nc3ccccc3)cc2c1. The molecule has 0 atom stereocenters. The van der Waals surface area contributed by atoms with Crippen LogP contribution >= 0.6 is 0 Å². The van der Waals surface area contributed by atoms with Crippen LogP contribution in [0, 0.1) is 6.92 Å². The van der Waals surface area contributed by atoms with E-state index in [4.69, 9.17) is 9.98 Å². The number of anilines is 2. The summed E-state index contributed by atoms with van der Waals surface area (Å²) in [6.45, 7) is 5.95. The Kier molecular flexibility index (Phi) is 5.36. The fourth-order valence-corrected chi connectivity index (χ4v) is 4.12. The predicted octanol–water partition coefficient (Wildman–Crippen LogP) is 5.62. The fourth-order valence-electron chi connectivity index (χ4n) is 4.12. The van der Waals surface area contributed by atoms with Gasteiger partial charge in [-0.1, -0.05) is 48.0 Å². The average Bonchev–Trinajstić information content (AvgIpc) is 2.83. The van der Waals surface area contributed by atoms with Gasteiger partial charge in [-0.15, -0.1) is 0 Å². The second-order valence-corrected chi connectivity index (χ2v) is 8.00. The first kappa shape index (κ1) is 19.3. The smallest absolute Gasteiger partial charge is 0.138 e. The molecule has 1 fully saturated rings. The van der Waals surface area contributed by atoms with Gasteiger partial charge in [-0.3, -0.25) is 4.99 Å². The molecular weight excluding hydrogens is 380 g/mol. The summed E-state index contributed by atoms with van der Waals surface area (Å²) in [5.41, 5.74) is 5.57. The van der Waals surface area contributed by atoms with Crippen LogP contribution in [-0.2, 0) is 0 Å². The van der Waals surface area contributed by atoms with Crippen molar-refractivity contribution in [3.8, 4) is 0 Å². The monoisotopic (exact) mass is 406 g/mol. The van der Waals surface area contributed by atoms with Crippen molar-refractivity contribution >= 4 is 34.3 Å². The molecule has 154 valence electrons. The first-order valence-corrected chi connectivity index (χ1v) is 10.8. The van der Waals surface area contributed by atoms with E-state index in [0.717, 1.165) is 54.2 Å². The van der Waals surface area contributed by atoms with Crippen molar-refractivity contribution in [3.63, 3.8) is 0 Å². The molecule has 0 radical (unpaired) electrons. The van der Waals surface area contributed by atoms with E-state index >= 15 is 0 Å². The molecule has 4 aromatic rings. The third-order valence-electron chi connectivity index (χ3n) is 5.79. The summed E-state index contributed by atoms with van der Waals surface area (Å²) in [4.78, 5) is 14.6. The molecule has 0 aliphatic carbocycles. The Morgan fingerprint density at radius 1 is 0.774 bits per heavy atom. The molecule has 5 rings (SSSR count). The third-order valence-corrected chi connectivity index (χ3v) is 5.79. The summed E-state index contributed by atoms with van der Waals surface area (Å²) >= 11 is 0. The average molecular weight is 407 g/mol. The number of pyridine rings is 1. The maximum atomic E-state index is 5.07. The van der Waals surface area contributed by atoms with Crippen LogP contribution in [-0.4, -0.2) is 37.4 Å². The van der Waals surface area contributed by atoms with Gasteiger partial charge in [0.1, 0.15) is 5.82 Å². The summed E-state index contributed by atoms with van der Waals surface area (Å²) in [6.07, 6.45) is 1.96. The maximum Gasteiger partial charge on any atom is 0.138 e. The highest BCUT2D eigenvalue weighted by atomic mass is 15.3. The van der Waals surface area contributed by atoms with Crippen molar-refractivity contribution in [3.05, 3.63) is 96.1 Å². The maximum absolute atomic E-state index is 5.07. The molecule has 0 amide bonds. The molecule has 4 nitrogen and oxygen atoms in total. The second kappa shape index (κ2) is 8.60. The van der Waals surface area contributed by atoms with E-state index < -0.39 is 0 Å². The van der Waals surface area contributed by atoms with E-state index in [1.807, 2.05) is 36.5 Å². The molecule has 31 heavy (non-hydrogen) atoms. The molecule has 0 unspecified atom stereocenters. The molecule has 0 N–H and O–H groups in total. The first-order valence-electron chi connectivity index (χ1n) is 10.8. The molecule has 0 bridgehead atoms. The molecule has 1 aliphatic rings. The molecular formula is C27H26N4. The number of nitrogens with zero attached hydrogens (tertiary/aromatic N) is 4. The number of piperazine rings is 1. The highest BCUT2D eigenvalue weighted by Crippen LogP contribution is 2.26. The molecule has 1 saturated heterocycles. The van der Waals surface area contributed by atoms with Crippen molar-refractivity contribution in [2.24, 2.45) is 4.99 Å². The molecule has 0 spiro atoms. The first-order chi connectivity index (χ1) is 15.3. The zero-order valence-electron chi connectivity index (χ0n) is 17.8. The van der Waals surface area contributed by atoms with Gasteiger partial charge in [0.2, 0.25) is 0 Å². The van der Waals surface area contributed by atoms with E-state index in [0.29, 0.717) is 0 Å². The molecule has 1 aromatic heterocycles.